The van der Waals surface area contributed by atoms with Gasteiger partial charge in [0, 0.05) is 23.9 Å². The van der Waals surface area contributed by atoms with Crippen molar-refractivity contribution in [2.24, 2.45) is 5.92 Å². The van der Waals surface area contributed by atoms with Gasteiger partial charge in [-0.3, -0.25) is 9.20 Å². The van der Waals surface area contributed by atoms with Gasteiger partial charge in [0.2, 0.25) is 5.91 Å². The van der Waals surface area contributed by atoms with E-state index in [4.69, 9.17) is 0 Å². The van der Waals surface area contributed by atoms with E-state index >= 15 is 0 Å². The fourth-order valence-corrected chi connectivity index (χ4v) is 4.59. The highest BCUT2D eigenvalue weighted by molar-refractivity contribution is 5.97. The van der Waals surface area contributed by atoms with E-state index in [0.29, 0.717) is 19.5 Å². The highest BCUT2D eigenvalue weighted by atomic mass is 16.3. The summed E-state index contributed by atoms with van der Waals surface area (Å²) in [6, 6.07) is 18.1. The van der Waals surface area contributed by atoms with Crippen LogP contribution in [0.3, 0.4) is 0 Å². The van der Waals surface area contributed by atoms with Crippen LogP contribution in [0.15, 0.2) is 67.1 Å². The van der Waals surface area contributed by atoms with Gasteiger partial charge in [0.15, 0.2) is 0 Å². The minimum absolute atomic E-state index is 0.151. The Morgan fingerprint density at radius 2 is 1.77 bits per heavy atom. The maximum absolute atomic E-state index is 12.6. The van der Waals surface area contributed by atoms with Crippen LogP contribution in [0.1, 0.15) is 18.4 Å². The lowest BCUT2D eigenvalue weighted by molar-refractivity contribution is -0.132. The Hall–Kier alpha value is -3.18. The predicted molar refractivity (Wildman–Crippen MR) is 118 cm³/mol. The molecule has 0 unspecified atom stereocenters. The maximum Gasteiger partial charge on any atom is 0.226 e. The summed E-state index contributed by atoms with van der Waals surface area (Å²) in [7, 11) is 0. The summed E-state index contributed by atoms with van der Waals surface area (Å²) < 4.78 is 2.05. The van der Waals surface area contributed by atoms with E-state index in [1.165, 1.54) is 0 Å². The first-order valence-electron chi connectivity index (χ1n) is 10.5. The molecule has 0 radical (unpaired) electrons. The van der Waals surface area contributed by atoms with Gasteiger partial charge in [-0.2, -0.15) is 0 Å². The Kier molecular flexibility index (Phi) is 4.97. The number of benzene rings is 2. The molecule has 5 nitrogen and oxygen atoms in total. The molecule has 4 aromatic rings. The van der Waals surface area contributed by atoms with Crippen LogP contribution in [0.2, 0.25) is 0 Å². The number of carbonyl (C=O) groups excluding carboxylic acids is 1. The summed E-state index contributed by atoms with van der Waals surface area (Å²) in [5, 5.41) is 14.2. The third-order valence-corrected chi connectivity index (χ3v) is 6.28. The number of amides is 1. The molecule has 1 aliphatic heterocycles. The third kappa shape index (κ3) is 3.46. The zero-order valence-electron chi connectivity index (χ0n) is 16.8. The second-order valence-electron chi connectivity index (χ2n) is 8.12. The molecule has 5 rings (SSSR count). The van der Waals surface area contributed by atoms with E-state index in [-0.39, 0.29) is 11.8 Å². The van der Waals surface area contributed by atoms with Gasteiger partial charge >= 0.3 is 0 Å². The molecular weight excluding hydrogens is 374 g/mol. The van der Waals surface area contributed by atoms with Gasteiger partial charge in [-0.05, 0) is 30.4 Å². The van der Waals surface area contributed by atoms with E-state index in [1.807, 2.05) is 64.0 Å². The molecule has 152 valence electrons. The van der Waals surface area contributed by atoms with Crippen LogP contribution in [-0.2, 0) is 11.2 Å². The monoisotopic (exact) mass is 399 g/mol. The van der Waals surface area contributed by atoms with Gasteiger partial charge in [-0.1, -0.05) is 54.6 Å². The van der Waals surface area contributed by atoms with Crippen molar-refractivity contribution in [3.8, 4) is 0 Å². The Labute approximate surface area is 175 Å². The molecule has 0 spiro atoms. The number of aliphatic hydroxyl groups excluding tert-OH is 1. The van der Waals surface area contributed by atoms with Crippen LogP contribution in [-0.4, -0.2) is 44.5 Å². The van der Waals surface area contributed by atoms with Crippen LogP contribution in [0.4, 0.5) is 0 Å². The molecule has 0 saturated carbocycles. The normalized spacial score (nSPS) is 17.1. The molecule has 1 atom stereocenters. The molecule has 30 heavy (non-hydrogen) atoms. The first-order chi connectivity index (χ1) is 14.7. The average molecular weight is 399 g/mol. The van der Waals surface area contributed by atoms with E-state index in [9.17, 15) is 9.90 Å². The molecule has 1 amide bonds. The zero-order chi connectivity index (χ0) is 20.5. The Bertz CT molecular complexity index is 1220. The standard InChI is InChI=1S/C25H25N3O2/c29-24(15-22-20-8-4-5-9-21(20)23-16-26-17-28(22)23)19-10-12-27(13-11-19)25(30)14-18-6-2-1-3-7-18/h1-9,15-17,19,24,29H,10-14H2/b22-15-/t24-/m0/s1. The molecule has 1 fully saturated rings. The number of rotatable bonds is 4. The molecule has 1 saturated heterocycles. The number of piperidine rings is 1. The van der Waals surface area contributed by atoms with Crippen molar-refractivity contribution in [3.05, 3.63) is 78.0 Å². The van der Waals surface area contributed by atoms with Crippen LogP contribution in [0.25, 0.3) is 22.4 Å². The zero-order valence-corrected chi connectivity index (χ0v) is 16.8. The summed E-state index contributed by atoms with van der Waals surface area (Å²) in [4.78, 5) is 18.8. The molecule has 2 aromatic carbocycles. The number of hydrogen-bond acceptors (Lipinski definition) is 3. The summed E-state index contributed by atoms with van der Waals surface area (Å²) in [6.45, 7) is 1.40. The van der Waals surface area contributed by atoms with Gasteiger partial charge < -0.3 is 10.0 Å². The summed E-state index contributed by atoms with van der Waals surface area (Å²) in [5.41, 5.74) is 2.11. The maximum atomic E-state index is 12.6. The van der Waals surface area contributed by atoms with E-state index < -0.39 is 6.10 Å². The molecule has 3 heterocycles. The number of carbonyl (C=O) groups is 1. The van der Waals surface area contributed by atoms with Crippen molar-refractivity contribution in [3.63, 3.8) is 0 Å². The highest BCUT2D eigenvalue weighted by Gasteiger charge is 2.26. The molecular formula is C25H25N3O2. The van der Waals surface area contributed by atoms with Crippen LogP contribution in [0, 0.1) is 5.92 Å². The molecule has 0 bridgehead atoms. The molecule has 1 aliphatic rings. The number of likely N-dealkylation sites (tertiary alicyclic amines) is 1. The predicted octanol–water partition coefficient (Wildman–Crippen LogP) is 2.83. The molecule has 5 heteroatoms. The first kappa shape index (κ1) is 18.8. The first-order valence-corrected chi connectivity index (χ1v) is 10.5. The van der Waals surface area contributed by atoms with Crippen molar-refractivity contribution in [2.75, 3.05) is 13.1 Å². The molecule has 2 aromatic heterocycles. The largest absolute Gasteiger partial charge is 0.389 e. The van der Waals surface area contributed by atoms with Gasteiger partial charge in [0.1, 0.15) is 0 Å². The number of aliphatic hydroxyl groups is 1. The SMILES string of the molecule is O=C(Cc1ccccc1)N1CCC([C@@H](O)/C=c2/c3ccccc3c3cncn23)CC1. The minimum atomic E-state index is -0.548. The summed E-state index contributed by atoms with van der Waals surface area (Å²) in [5.74, 6) is 0.318. The summed E-state index contributed by atoms with van der Waals surface area (Å²) in [6.07, 6.45) is 7.14. The lowest BCUT2D eigenvalue weighted by Crippen LogP contribution is -2.41. The van der Waals surface area contributed by atoms with Crippen LogP contribution < -0.4 is 5.35 Å². The van der Waals surface area contributed by atoms with Crippen molar-refractivity contribution in [1.29, 1.82) is 0 Å². The van der Waals surface area contributed by atoms with Crippen molar-refractivity contribution in [2.45, 2.75) is 25.4 Å². The van der Waals surface area contributed by atoms with Gasteiger partial charge in [-0.15, -0.1) is 0 Å². The van der Waals surface area contributed by atoms with Gasteiger partial charge in [-0.25, -0.2) is 4.98 Å². The fraction of sp³-hybridized carbons (Fsp3) is 0.280. The Balaban J connectivity index is 1.30. The lowest BCUT2D eigenvalue weighted by Gasteiger charge is -2.33. The number of imidazole rings is 1. The van der Waals surface area contributed by atoms with Crippen molar-refractivity contribution in [1.82, 2.24) is 14.3 Å². The van der Waals surface area contributed by atoms with Crippen molar-refractivity contribution < 1.29 is 9.90 Å². The van der Waals surface area contributed by atoms with Gasteiger partial charge in [0.25, 0.3) is 0 Å². The number of hydrogen-bond donors (Lipinski definition) is 1. The second-order valence-corrected chi connectivity index (χ2v) is 8.12. The third-order valence-electron chi connectivity index (χ3n) is 6.28. The fourth-order valence-electron chi connectivity index (χ4n) is 4.59. The Morgan fingerprint density at radius 1 is 1.07 bits per heavy atom. The number of fused-ring (bicyclic) bond motifs is 3. The van der Waals surface area contributed by atoms with Crippen LogP contribution in [0.5, 0.6) is 0 Å². The topological polar surface area (TPSA) is 57.8 Å². The highest BCUT2D eigenvalue weighted by Crippen LogP contribution is 2.23. The molecule has 0 aliphatic carbocycles. The Morgan fingerprint density at radius 3 is 2.53 bits per heavy atom. The van der Waals surface area contributed by atoms with Crippen molar-refractivity contribution >= 4 is 28.3 Å². The van der Waals surface area contributed by atoms with Gasteiger partial charge in [0.05, 0.1) is 35.9 Å². The smallest absolute Gasteiger partial charge is 0.226 e. The lowest BCUT2D eigenvalue weighted by atomic mass is 9.90. The van der Waals surface area contributed by atoms with E-state index in [0.717, 1.165) is 40.0 Å². The van der Waals surface area contributed by atoms with Crippen LogP contribution >= 0.6 is 0 Å². The number of aromatic nitrogens is 2. The number of nitrogens with zero attached hydrogens (tertiary/aromatic N) is 3. The van der Waals surface area contributed by atoms with E-state index in [1.54, 1.807) is 6.33 Å². The quantitative estimate of drug-likeness (QED) is 0.574. The summed E-state index contributed by atoms with van der Waals surface area (Å²) >= 11 is 0. The molecule has 1 N–H and O–H groups in total. The van der Waals surface area contributed by atoms with E-state index in [2.05, 4.69) is 17.1 Å². The average Bonchev–Trinajstić information content (AvgIpc) is 3.37. The second kappa shape index (κ2) is 7.92. The minimum Gasteiger partial charge on any atom is -0.389 e.